The van der Waals surface area contributed by atoms with Gasteiger partial charge in [0.15, 0.2) is 5.13 Å². The number of hydrogen-bond donors (Lipinski definition) is 3. The summed E-state index contributed by atoms with van der Waals surface area (Å²) >= 11 is 1.26. The summed E-state index contributed by atoms with van der Waals surface area (Å²) in [5.41, 5.74) is 3.39. The van der Waals surface area contributed by atoms with Crippen LogP contribution in [0.2, 0.25) is 0 Å². The van der Waals surface area contributed by atoms with E-state index < -0.39 is 12.0 Å². The van der Waals surface area contributed by atoms with E-state index in [1.54, 1.807) is 5.38 Å². The molecule has 2 unspecified atom stereocenters. The Balaban J connectivity index is 1.73. The highest BCUT2D eigenvalue weighted by Crippen LogP contribution is 2.29. The molecule has 142 valence electrons. The average molecular weight is 388 g/mol. The molecule has 3 heterocycles. The molecule has 0 bridgehead atoms. The lowest BCUT2D eigenvalue weighted by Gasteiger charge is -2.24. The molecule has 0 saturated carbocycles. The van der Waals surface area contributed by atoms with Crippen molar-refractivity contribution in [2.45, 2.75) is 32.5 Å². The van der Waals surface area contributed by atoms with Crippen LogP contribution in [0, 0.1) is 0 Å². The van der Waals surface area contributed by atoms with Crippen LogP contribution in [0.5, 0.6) is 0 Å². The summed E-state index contributed by atoms with van der Waals surface area (Å²) in [7, 11) is 0. The number of carbonyl (C=O) groups excluding carboxylic acids is 1. The predicted octanol–water partition coefficient (Wildman–Crippen LogP) is 2.99. The normalized spacial score (nSPS) is 19.3. The average Bonchev–Trinajstić information content (AvgIpc) is 3.08. The number of nitrogens with one attached hydrogen (secondary N) is 2. The van der Waals surface area contributed by atoms with Crippen molar-refractivity contribution in [2.75, 3.05) is 11.9 Å². The number of thiazole rings is 1. The van der Waals surface area contributed by atoms with E-state index in [-0.39, 0.29) is 18.8 Å². The second kappa shape index (κ2) is 8.28. The Morgan fingerprint density at radius 2 is 2.04 bits per heavy atom. The number of pyridine rings is 1. The number of aromatic nitrogens is 2. The Morgan fingerprint density at radius 3 is 2.78 bits per heavy atom. The smallest absolute Gasteiger partial charge is 0.405 e. The maximum atomic E-state index is 11.7. The Labute approximate surface area is 160 Å². The highest BCUT2D eigenvalue weighted by atomic mass is 32.1. The number of carbonyl (C=O) groups is 2. The third-order valence-electron chi connectivity index (χ3n) is 3.88. The molecule has 2 atom stereocenters. The lowest BCUT2D eigenvalue weighted by Crippen LogP contribution is -2.31. The van der Waals surface area contributed by atoms with E-state index in [4.69, 9.17) is 14.8 Å². The van der Waals surface area contributed by atoms with Gasteiger partial charge in [-0.1, -0.05) is 12.1 Å². The largest absolute Gasteiger partial charge is 0.465 e. The van der Waals surface area contributed by atoms with Crippen molar-refractivity contribution in [3.8, 4) is 11.4 Å². The van der Waals surface area contributed by atoms with Gasteiger partial charge in [-0.05, 0) is 31.6 Å². The van der Waals surface area contributed by atoms with Crippen molar-refractivity contribution < 1.29 is 19.4 Å². The number of carboxylic acid groups (broad SMARTS) is 1. The zero-order valence-electron chi connectivity index (χ0n) is 14.9. The second-order valence-corrected chi connectivity index (χ2v) is 7.06. The van der Waals surface area contributed by atoms with Crippen LogP contribution < -0.4 is 10.6 Å². The van der Waals surface area contributed by atoms with E-state index in [1.807, 2.05) is 37.4 Å². The third-order valence-corrected chi connectivity index (χ3v) is 4.64. The Hall–Kier alpha value is -2.78. The number of ether oxygens (including phenoxy) is 1. The molecule has 0 saturated heterocycles. The summed E-state index contributed by atoms with van der Waals surface area (Å²) in [4.78, 5) is 31.2. The minimum atomic E-state index is -1.25. The van der Waals surface area contributed by atoms with Crippen LogP contribution >= 0.6 is 11.3 Å². The quantitative estimate of drug-likeness (QED) is 0.726. The molecule has 8 nitrogen and oxygen atoms in total. The van der Waals surface area contributed by atoms with Crippen molar-refractivity contribution in [3.63, 3.8) is 0 Å². The molecule has 9 heteroatoms. The highest BCUT2D eigenvalue weighted by molar-refractivity contribution is 7.14. The monoisotopic (exact) mass is 388 g/mol. The molecular formula is C18H20N4O4S. The third kappa shape index (κ3) is 5.11. The summed E-state index contributed by atoms with van der Waals surface area (Å²) in [5.74, 6) is -0.477. The SMILES string of the molecule is CC1C=C(c2cccc(-c3csc(NC(=O)CNC(=O)O)n3)n2)CC(C)O1. The maximum Gasteiger partial charge on any atom is 0.405 e. The Kier molecular flexibility index (Phi) is 5.82. The summed E-state index contributed by atoms with van der Waals surface area (Å²) in [6, 6.07) is 5.76. The van der Waals surface area contributed by atoms with Gasteiger partial charge in [-0.2, -0.15) is 0 Å². The van der Waals surface area contributed by atoms with Crippen LogP contribution in [0.3, 0.4) is 0 Å². The fourth-order valence-corrected chi connectivity index (χ4v) is 3.55. The fourth-order valence-electron chi connectivity index (χ4n) is 2.83. The highest BCUT2D eigenvalue weighted by Gasteiger charge is 2.19. The van der Waals surface area contributed by atoms with Crippen molar-refractivity contribution in [2.24, 2.45) is 0 Å². The molecule has 2 aromatic rings. The summed E-state index contributed by atoms with van der Waals surface area (Å²) < 4.78 is 5.73. The van der Waals surface area contributed by atoms with Crippen LogP contribution in [0.4, 0.5) is 9.93 Å². The molecule has 27 heavy (non-hydrogen) atoms. The van der Waals surface area contributed by atoms with Gasteiger partial charge in [0.1, 0.15) is 12.2 Å². The van der Waals surface area contributed by atoms with Crippen LogP contribution in [-0.2, 0) is 9.53 Å². The second-order valence-electron chi connectivity index (χ2n) is 6.20. The Morgan fingerprint density at radius 1 is 1.26 bits per heavy atom. The molecular weight excluding hydrogens is 368 g/mol. The molecule has 2 amide bonds. The number of anilines is 1. The number of nitrogens with zero attached hydrogens (tertiary/aromatic N) is 2. The predicted molar refractivity (Wildman–Crippen MR) is 103 cm³/mol. The molecule has 0 spiro atoms. The first-order valence-corrected chi connectivity index (χ1v) is 9.35. The first kappa shape index (κ1) is 19.0. The van der Waals surface area contributed by atoms with E-state index in [0.717, 1.165) is 17.7 Å². The number of hydrogen-bond acceptors (Lipinski definition) is 6. The molecule has 3 rings (SSSR count). The van der Waals surface area contributed by atoms with Crippen molar-refractivity contribution in [1.29, 1.82) is 0 Å². The molecule has 2 aromatic heterocycles. The number of amides is 2. The number of rotatable bonds is 5. The van der Waals surface area contributed by atoms with E-state index in [9.17, 15) is 9.59 Å². The lowest BCUT2D eigenvalue weighted by atomic mass is 10.00. The molecule has 0 aliphatic carbocycles. The van der Waals surface area contributed by atoms with Gasteiger partial charge in [-0.25, -0.2) is 14.8 Å². The topological polar surface area (TPSA) is 113 Å². The van der Waals surface area contributed by atoms with Crippen LogP contribution in [0.1, 0.15) is 26.0 Å². The molecule has 1 aliphatic heterocycles. The Bertz CT molecular complexity index is 880. The fraction of sp³-hybridized carbons (Fsp3) is 0.333. The minimum absolute atomic E-state index is 0.0507. The first-order chi connectivity index (χ1) is 12.9. The lowest BCUT2D eigenvalue weighted by molar-refractivity contribution is -0.115. The summed E-state index contributed by atoms with van der Waals surface area (Å²) in [6.07, 6.45) is 1.82. The van der Waals surface area contributed by atoms with Gasteiger partial charge < -0.3 is 20.5 Å². The zero-order chi connectivity index (χ0) is 19.4. The first-order valence-electron chi connectivity index (χ1n) is 8.47. The molecule has 1 aliphatic rings. The van der Waals surface area contributed by atoms with Crippen molar-refractivity contribution >= 4 is 34.0 Å². The van der Waals surface area contributed by atoms with E-state index in [1.165, 1.54) is 11.3 Å². The molecule has 0 radical (unpaired) electrons. The van der Waals surface area contributed by atoms with E-state index >= 15 is 0 Å². The van der Waals surface area contributed by atoms with Gasteiger partial charge in [-0.3, -0.25) is 4.79 Å². The van der Waals surface area contributed by atoms with Gasteiger partial charge in [0.25, 0.3) is 0 Å². The molecule has 0 aromatic carbocycles. The molecule has 3 N–H and O–H groups in total. The van der Waals surface area contributed by atoms with E-state index in [2.05, 4.69) is 16.4 Å². The van der Waals surface area contributed by atoms with Crippen LogP contribution in [0.15, 0.2) is 29.7 Å². The van der Waals surface area contributed by atoms with Crippen LogP contribution in [-0.4, -0.2) is 45.8 Å². The zero-order valence-corrected chi connectivity index (χ0v) is 15.7. The summed E-state index contributed by atoms with van der Waals surface area (Å²) in [5, 5.41) is 15.3. The minimum Gasteiger partial charge on any atom is -0.465 e. The van der Waals surface area contributed by atoms with Crippen LogP contribution in [0.25, 0.3) is 17.0 Å². The van der Waals surface area contributed by atoms with Crippen molar-refractivity contribution in [3.05, 3.63) is 35.3 Å². The van der Waals surface area contributed by atoms with E-state index in [0.29, 0.717) is 16.5 Å². The standard InChI is InChI=1S/C18H20N4O4S/c1-10-6-12(7-11(2)26-10)13-4-3-5-14(20-13)15-9-27-17(21-15)22-16(23)8-19-18(24)25/h3-6,9-11,19H,7-8H2,1-2H3,(H,24,25)(H,21,22,23). The van der Waals surface area contributed by atoms with Gasteiger partial charge in [-0.15, -0.1) is 11.3 Å². The van der Waals surface area contributed by atoms with Gasteiger partial charge in [0.2, 0.25) is 5.91 Å². The maximum absolute atomic E-state index is 11.7. The van der Waals surface area contributed by atoms with Gasteiger partial charge in [0.05, 0.1) is 23.6 Å². The van der Waals surface area contributed by atoms with Gasteiger partial charge >= 0.3 is 6.09 Å². The van der Waals surface area contributed by atoms with Crippen molar-refractivity contribution in [1.82, 2.24) is 15.3 Å². The molecule has 0 fully saturated rings. The summed E-state index contributed by atoms with van der Waals surface area (Å²) in [6.45, 7) is 3.72. The van der Waals surface area contributed by atoms with Gasteiger partial charge in [0, 0.05) is 11.8 Å².